The average molecular weight is 298 g/mol. The van der Waals surface area contributed by atoms with Gasteiger partial charge in [-0.25, -0.2) is 22.5 Å². The minimum atomic E-state index is -3.93. The molecular weight excluding hydrogens is 283 g/mol. The van der Waals surface area contributed by atoms with E-state index in [0.29, 0.717) is 17.8 Å². The second-order valence-corrected chi connectivity index (χ2v) is 6.06. The van der Waals surface area contributed by atoms with Gasteiger partial charge in [-0.3, -0.25) is 0 Å². The van der Waals surface area contributed by atoms with E-state index < -0.39 is 20.7 Å². The van der Waals surface area contributed by atoms with Gasteiger partial charge in [0.25, 0.3) is 0 Å². The van der Waals surface area contributed by atoms with Crippen molar-refractivity contribution in [2.75, 3.05) is 12.3 Å². The van der Waals surface area contributed by atoms with E-state index in [1.807, 2.05) is 0 Å². The van der Waals surface area contributed by atoms with E-state index in [9.17, 15) is 12.8 Å². The van der Waals surface area contributed by atoms with Crippen LogP contribution in [0.25, 0.3) is 0 Å². The van der Waals surface area contributed by atoms with Crippen molar-refractivity contribution in [3.8, 4) is 0 Å². The predicted octanol–water partition coefficient (Wildman–Crippen LogP) is 0.960. The Morgan fingerprint density at radius 1 is 1.45 bits per heavy atom. The van der Waals surface area contributed by atoms with Crippen LogP contribution in [0.2, 0.25) is 0 Å². The molecule has 1 heterocycles. The molecule has 0 saturated heterocycles. The first-order valence-corrected chi connectivity index (χ1v) is 7.42. The largest absolute Gasteiger partial charge is 0.398 e. The number of hydrogen-bond donors (Lipinski definition) is 3. The lowest BCUT2D eigenvalue weighted by molar-refractivity contribution is 0.556. The minimum absolute atomic E-state index is 0.114. The van der Waals surface area contributed by atoms with Crippen molar-refractivity contribution in [2.45, 2.75) is 18.2 Å². The fourth-order valence-electron chi connectivity index (χ4n) is 1.69. The molecule has 20 heavy (non-hydrogen) atoms. The first-order chi connectivity index (χ1) is 9.40. The number of nitrogen functional groups attached to an aromatic ring is 1. The molecule has 0 bridgehead atoms. The zero-order valence-electron chi connectivity index (χ0n) is 10.9. The smallest absolute Gasteiger partial charge is 0.243 e. The molecule has 0 fully saturated rings. The lowest BCUT2D eigenvalue weighted by atomic mass is 10.2. The van der Waals surface area contributed by atoms with Gasteiger partial charge in [0.15, 0.2) is 0 Å². The molecule has 0 radical (unpaired) electrons. The molecule has 6 nitrogen and oxygen atoms in total. The number of hydrogen-bond acceptors (Lipinski definition) is 4. The number of nitrogens with one attached hydrogen (secondary N) is 2. The molecule has 2 aromatic rings. The Balaban J connectivity index is 2.12. The maximum atomic E-state index is 13.7. The highest BCUT2D eigenvalue weighted by Gasteiger charge is 2.20. The number of H-pyrrole nitrogens is 1. The van der Waals surface area contributed by atoms with Crippen molar-refractivity contribution < 1.29 is 12.8 Å². The van der Waals surface area contributed by atoms with Crippen LogP contribution in [0, 0.1) is 12.7 Å². The highest BCUT2D eigenvalue weighted by molar-refractivity contribution is 7.89. The molecule has 0 aliphatic carbocycles. The number of benzene rings is 1. The van der Waals surface area contributed by atoms with Crippen LogP contribution in [0.5, 0.6) is 0 Å². The van der Waals surface area contributed by atoms with Gasteiger partial charge in [-0.2, -0.15) is 0 Å². The Hall–Kier alpha value is -1.93. The van der Waals surface area contributed by atoms with Crippen molar-refractivity contribution >= 4 is 15.7 Å². The van der Waals surface area contributed by atoms with Crippen LogP contribution in [0.4, 0.5) is 10.1 Å². The van der Waals surface area contributed by atoms with Gasteiger partial charge in [0, 0.05) is 31.0 Å². The van der Waals surface area contributed by atoms with Crippen molar-refractivity contribution in [1.29, 1.82) is 0 Å². The third-order valence-electron chi connectivity index (χ3n) is 2.82. The topological polar surface area (TPSA) is 101 Å². The number of rotatable bonds is 5. The number of nitrogens with two attached hydrogens (primary N) is 1. The highest BCUT2D eigenvalue weighted by Crippen LogP contribution is 2.21. The van der Waals surface area contributed by atoms with Crippen molar-refractivity contribution in [2.24, 2.45) is 0 Å². The summed E-state index contributed by atoms with van der Waals surface area (Å²) in [6, 6.07) is 2.23. The molecule has 0 aliphatic rings. The van der Waals surface area contributed by atoms with Gasteiger partial charge in [-0.05, 0) is 24.6 Å². The van der Waals surface area contributed by atoms with Gasteiger partial charge in [-0.15, -0.1) is 0 Å². The fraction of sp³-hybridized carbons (Fsp3) is 0.250. The molecular formula is C12H15FN4O2S. The number of aromatic nitrogens is 2. The molecule has 0 aliphatic heterocycles. The van der Waals surface area contributed by atoms with E-state index in [0.717, 1.165) is 12.1 Å². The third-order valence-corrected chi connectivity index (χ3v) is 4.29. The third kappa shape index (κ3) is 3.14. The number of nitrogens with zero attached hydrogens (tertiary/aromatic N) is 1. The summed E-state index contributed by atoms with van der Waals surface area (Å²) in [5, 5.41) is 0. The Labute approximate surface area is 116 Å². The van der Waals surface area contributed by atoms with Gasteiger partial charge in [0.1, 0.15) is 16.5 Å². The molecule has 4 N–H and O–H groups in total. The Morgan fingerprint density at radius 2 is 2.20 bits per heavy atom. The quantitative estimate of drug-likeness (QED) is 0.716. The molecule has 0 spiro atoms. The van der Waals surface area contributed by atoms with Crippen molar-refractivity contribution in [3.05, 3.63) is 41.7 Å². The van der Waals surface area contributed by atoms with Crippen LogP contribution >= 0.6 is 0 Å². The van der Waals surface area contributed by atoms with E-state index in [1.54, 1.807) is 19.3 Å². The molecule has 0 saturated carbocycles. The maximum absolute atomic E-state index is 13.7. The van der Waals surface area contributed by atoms with Gasteiger partial charge in [-0.1, -0.05) is 0 Å². The number of halogens is 1. The van der Waals surface area contributed by atoms with Crippen LogP contribution in [0.1, 0.15) is 11.4 Å². The maximum Gasteiger partial charge on any atom is 0.243 e. The standard InChI is InChI=1S/C12H15FN4O2S/c1-8-6-9(13)11(7-10(8)14)20(18,19)17-3-2-12-15-4-5-16-12/h4-7,17H,2-3,14H2,1H3,(H,15,16). The molecule has 1 aromatic carbocycles. The van der Waals surface area contributed by atoms with Gasteiger partial charge in [0.2, 0.25) is 10.0 Å². The highest BCUT2D eigenvalue weighted by atomic mass is 32.2. The molecule has 2 rings (SSSR count). The second kappa shape index (κ2) is 5.59. The molecule has 0 unspecified atom stereocenters. The zero-order valence-corrected chi connectivity index (χ0v) is 11.7. The summed E-state index contributed by atoms with van der Waals surface area (Å²) in [4.78, 5) is 6.37. The van der Waals surface area contributed by atoms with Crippen LogP contribution in [0.3, 0.4) is 0 Å². The summed E-state index contributed by atoms with van der Waals surface area (Å²) >= 11 is 0. The minimum Gasteiger partial charge on any atom is -0.398 e. The Bertz CT molecular complexity index is 698. The van der Waals surface area contributed by atoms with E-state index in [-0.39, 0.29) is 12.2 Å². The summed E-state index contributed by atoms with van der Waals surface area (Å²) in [5.41, 5.74) is 6.35. The normalized spacial score (nSPS) is 11.7. The number of anilines is 1. The average Bonchev–Trinajstić information content (AvgIpc) is 2.86. The monoisotopic (exact) mass is 298 g/mol. The van der Waals surface area contributed by atoms with E-state index in [2.05, 4.69) is 14.7 Å². The SMILES string of the molecule is Cc1cc(F)c(S(=O)(=O)NCCc2ncc[nH]2)cc1N. The van der Waals surface area contributed by atoms with E-state index in [1.165, 1.54) is 0 Å². The van der Waals surface area contributed by atoms with Gasteiger partial charge >= 0.3 is 0 Å². The summed E-state index contributed by atoms with van der Waals surface area (Å²) in [6.45, 7) is 1.72. The molecule has 1 aromatic heterocycles. The van der Waals surface area contributed by atoms with Gasteiger partial charge in [0.05, 0.1) is 0 Å². The summed E-state index contributed by atoms with van der Waals surface area (Å²) < 4.78 is 40.1. The van der Waals surface area contributed by atoms with Crippen LogP contribution in [-0.2, 0) is 16.4 Å². The summed E-state index contributed by atoms with van der Waals surface area (Å²) in [7, 11) is -3.93. The second-order valence-electron chi connectivity index (χ2n) is 4.32. The van der Waals surface area contributed by atoms with Crippen LogP contribution in [0.15, 0.2) is 29.4 Å². The first-order valence-electron chi connectivity index (χ1n) is 5.93. The Kier molecular flexibility index (Phi) is 4.05. The first kappa shape index (κ1) is 14.5. The molecule has 8 heteroatoms. The number of aryl methyl sites for hydroxylation is 1. The fourth-order valence-corrected chi connectivity index (χ4v) is 2.81. The van der Waals surface area contributed by atoms with Crippen molar-refractivity contribution in [3.63, 3.8) is 0 Å². The van der Waals surface area contributed by atoms with Crippen LogP contribution < -0.4 is 10.5 Å². The number of sulfonamides is 1. The van der Waals surface area contributed by atoms with E-state index >= 15 is 0 Å². The lowest BCUT2D eigenvalue weighted by Crippen LogP contribution is -2.27. The van der Waals surface area contributed by atoms with Crippen molar-refractivity contribution in [1.82, 2.24) is 14.7 Å². The number of aromatic amines is 1. The molecule has 0 amide bonds. The summed E-state index contributed by atoms with van der Waals surface area (Å²) in [6.07, 6.45) is 3.60. The van der Waals surface area contributed by atoms with E-state index in [4.69, 9.17) is 5.73 Å². The zero-order chi connectivity index (χ0) is 14.8. The summed E-state index contributed by atoms with van der Waals surface area (Å²) in [5.74, 6) is -0.168. The molecule has 108 valence electrons. The lowest BCUT2D eigenvalue weighted by Gasteiger charge is -2.09. The molecule has 0 atom stereocenters. The van der Waals surface area contributed by atoms with Crippen LogP contribution in [-0.4, -0.2) is 24.9 Å². The number of imidazole rings is 1. The van der Waals surface area contributed by atoms with Gasteiger partial charge < -0.3 is 10.7 Å². The predicted molar refractivity (Wildman–Crippen MR) is 73.0 cm³/mol. The Morgan fingerprint density at radius 3 is 2.85 bits per heavy atom.